The zero-order valence-electron chi connectivity index (χ0n) is 12.4. The fourth-order valence-corrected chi connectivity index (χ4v) is 3.52. The SMILES string of the molecule is CCNS(=O)(=O)CCNC(=O)[C@H]1C[C@H]1c1ccccc1C. The molecule has 0 radical (unpaired) electrons. The standard InChI is InChI=1S/C15H22N2O3S/c1-3-17-21(19,20)9-8-16-15(18)14-10-13(14)12-7-5-4-6-11(12)2/h4-7,13-14,17H,3,8-10H2,1-2H3,(H,16,18)/t13-,14-/m0/s1. The van der Waals surface area contributed by atoms with Gasteiger partial charge in [-0.25, -0.2) is 13.1 Å². The summed E-state index contributed by atoms with van der Waals surface area (Å²) < 4.78 is 25.3. The van der Waals surface area contributed by atoms with E-state index in [2.05, 4.69) is 16.1 Å². The third kappa shape index (κ3) is 4.28. The van der Waals surface area contributed by atoms with Gasteiger partial charge in [0.25, 0.3) is 0 Å². The van der Waals surface area contributed by atoms with Crippen LogP contribution in [0.25, 0.3) is 0 Å². The predicted octanol–water partition coefficient (Wildman–Crippen LogP) is 1.15. The lowest BCUT2D eigenvalue weighted by Gasteiger charge is -2.07. The molecule has 116 valence electrons. The van der Waals surface area contributed by atoms with Crippen LogP contribution in [0.5, 0.6) is 0 Å². The van der Waals surface area contributed by atoms with Crippen LogP contribution < -0.4 is 10.0 Å². The minimum absolute atomic E-state index is 0.0204. The molecule has 0 aliphatic heterocycles. The lowest BCUT2D eigenvalue weighted by Crippen LogP contribution is -2.35. The van der Waals surface area contributed by atoms with E-state index in [1.807, 2.05) is 25.1 Å². The van der Waals surface area contributed by atoms with Crippen LogP contribution in [0.4, 0.5) is 0 Å². The van der Waals surface area contributed by atoms with Gasteiger partial charge < -0.3 is 5.32 Å². The van der Waals surface area contributed by atoms with Gasteiger partial charge in [0, 0.05) is 19.0 Å². The second-order valence-electron chi connectivity index (χ2n) is 5.41. The highest BCUT2D eigenvalue weighted by Gasteiger charge is 2.44. The molecule has 1 aromatic carbocycles. The van der Waals surface area contributed by atoms with Crippen molar-refractivity contribution in [2.24, 2.45) is 5.92 Å². The molecule has 5 nitrogen and oxygen atoms in total. The van der Waals surface area contributed by atoms with Crippen LogP contribution in [-0.2, 0) is 14.8 Å². The Morgan fingerprint density at radius 3 is 2.71 bits per heavy atom. The van der Waals surface area contributed by atoms with Crippen molar-refractivity contribution in [3.63, 3.8) is 0 Å². The number of hydrogen-bond acceptors (Lipinski definition) is 3. The molecule has 1 amide bonds. The van der Waals surface area contributed by atoms with Crippen molar-refractivity contribution >= 4 is 15.9 Å². The van der Waals surface area contributed by atoms with Crippen LogP contribution in [0.3, 0.4) is 0 Å². The number of benzene rings is 1. The molecule has 1 aliphatic carbocycles. The summed E-state index contributed by atoms with van der Waals surface area (Å²) in [6, 6.07) is 8.08. The summed E-state index contributed by atoms with van der Waals surface area (Å²) >= 11 is 0. The molecule has 1 fully saturated rings. The minimum Gasteiger partial charge on any atom is -0.355 e. The third-order valence-corrected chi connectivity index (χ3v) is 5.22. The normalized spacial score (nSPS) is 21.0. The summed E-state index contributed by atoms with van der Waals surface area (Å²) in [6.07, 6.45) is 0.844. The van der Waals surface area contributed by atoms with Gasteiger partial charge in [-0.05, 0) is 30.4 Å². The van der Waals surface area contributed by atoms with Crippen molar-refractivity contribution in [2.75, 3.05) is 18.8 Å². The van der Waals surface area contributed by atoms with E-state index in [9.17, 15) is 13.2 Å². The van der Waals surface area contributed by atoms with Crippen molar-refractivity contribution < 1.29 is 13.2 Å². The van der Waals surface area contributed by atoms with E-state index in [1.165, 1.54) is 11.1 Å². The molecule has 6 heteroatoms. The van der Waals surface area contributed by atoms with Crippen molar-refractivity contribution in [3.05, 3.63) is 35.4 Å². The van der Waals surface area contributed by atoms with Crippen LogP contribution in [0.2, 0.25) is 0 Å². The number of rotatable bonds is 7. The molecule has 21 heavy (non-hydrogen) atoms. The number of hydrogen-bond donors (Lipinski definition) is 2. The first kappa shape index (κ1) is 16.0. The second kappa shape index (κ2) is 6.58. The molecule has 0 aromatic heterocycles. The number of carbonyl (C=O) groups excluding carboxylic acids is 1. The predicted molar refractivity (Wildman–Crippen MR) is 82.5 cm³/mol. The average Bonchev–Trinajstić information content (AvgIpc) is 3.19. The van der Waals surface area contributed by atoms with Gasteiger partial charge in [0.15, 0.2) is 0 Å². The minimum atomic E-state index is -3.27. The van der Waals surface area contributed by atoms with Gasteiger partial charge in [-0.2, -0.15) is 0 Å². The fraction of sp³-hybridized carbons (Fsp3) is 0.533. The maximum atomic E-state index is 12.0. The molecule has 1 saturated carbocycles. The Labute approximate surface area is 126 Å². The largest absolute Gasteiger partial charge is 0.355 e. The van der Waals surface area contributed by atoms with E-state index in [0.717, 1.165) is 6.42 Å². The van der Waals surface area contributed by atoms with E-state index < -0.39 is 10.0 Å². The Morgan fingerprint density at radius 1 is 1.33 bits per heavy atom. The lowest BCUT2D eigenvalue weighted by atomic mass is 10.0. The van der Waals surface area contributed by atoms with E-state index in [-0.39, 0.29) is 30.0 Å². The number of aryl methyl sites for hydroxylation is 1. The molecule has 0 unspecified atom stereocenters. The third-order valence-electron chi connectivity index (χ3n) is 3.75. The molecule has 0 bridgehead atoms. The molecular weight excluding hydrogens is 288 g/mol. The van der Waals surface area contributed by atoms with Gasteiger partial charge in [-0.1, -0.05) is 31.2 Å². The first-order valence-electron chi connectivity index (χ1n) is 7.25. The Morgan fingerprint density at radius 2 is 2.05 bits per heavy atom. The van der Waals surface area contributed by atoms with Crippen molar-refractivity contribution in [1.29, 1.82) is 0 Å². The molecule has 1 aliphatic rings. The van der Waals surface area contributed by atoms with Gasteiger partial charge in [0.2, 0.25) is 15.9 Å². The van der Waals surface area contributed by atoms with Gasteiger partial charge in [-0.3, -0.25) is 4.79 Å². The highest BCUT2D eigenvalue weighted by Crippen LogP contribution is 2.48. The topological polar surface area (TPSA) is 75.3 Å². The van der Waals surface area contributed by atoms with E-state index >= 15 is 0 Å². The maximum Gasteiger partial charge on any atom is 0.223 e. The number of amides is 1. The fourth-order valence-electron chi connectivity index (χ4n) is 2.56. The summed E-state index contributed by atoms with van der Waals surface area (Å²) in [5, 5.41) is 2.72. The maximum absolute atomic E-state index is 12.0. The van der Waals surface area contributed by atoms with Crippen LogP contribution in [0.15, 0.2) is 24.3 Å². The summed E-state index contributed by atoms with van der Waals surface area (Å²) in [6.45, 7) is 4.30. The average molecular weight is 310 g/mol. The molecule has 0 saturated heterocycles. The van der Waals surface area contributed by atoms with Gasteiger partial charge >= 0.3 is 0 Å². The smallest absolute Gasteiger partial charge is 0.223 e. The summed E-state index contributed by atoms with van der Waals surface area (Å²) in [5.41, 5.74) is 2.42. The summed E-state index contributed by atoms with van der Waals surface area (Å²) in [7, 11) is -3.27. The summed E-state index contributed by atoms with van der Waals surface area (Å²) in [5.74, 6) is 0.133. The van der Waals surface area contributed by atoms with Crippen molar-refractivity contribution in [2.45, 2.75) is 26.2 Å². The number of sulfonamides is 1. The Hall–Kier alpha value is -1.40. The van der Waals surface area contributed by atoms with E-state index in [1.54, 1.807) is 6.92 Å². The van der Waals surface area contributed by atoms with Crippen LogP contribution in [0, 0.1) is 12.8 Å². The number of carbonyl (C=O) groups is 1. The Kier molecular flexibility index (Phi) is 5.00. The van der Waals surface area contributed by atoms with Gasteiger partial charge in [0.05, 0.1) is 5.75 Å². The monoisotopic (exact) mass is 310 g/mol. The molecule has 1 aromatic rings. The molecule has 0 spiro atoms. The lowest BCUT2D eigenvalue weighted by molar-refractivity contribution is -0.122. The molecule has 0 heterocycles. The first-order chi connectivity index (χ1) is 9.94. The van der Waals surface area contributed by atoms with Crippen molar-refractivity contribution in [3.8, 4) is 0 Å². The zero-order chi connectivity index (χ0) is 15.5. The molecule has 2 atom stereocenters. The van der Waals surface area contributed by atoms with Crippen LogP contribution in [-0.4, -0.2) is 33.2 Å². The van der Waals surface area contributed by atoms with Gasteiger partial charge in [0.1, 0.15) is 0 Å². The number of nitrogens with one attached hydrogen (secondary N) is 2. The highest BCUT2D eigenvalue weighted by atomic mass is 32.2. The first-order valence-corrected chi connectivity index (χ1v) is 8.90. The Balaban J connectivity index is 1.81. The second-order valence-corrected chi connectivity index (χ2v) is 7.34. The molecular formula is C15H22N2O3S. The molecule has 2 rings (SSSR count). The van der Waals surface area contributed by atoms with Crippen molar-refractivity contribution in [1.82, 2.24) is 10.0 Å². The van der Waals surface area contributed by atoms with Crippen LogP contribution >= 0.6 is 0 Å². The Bertz CT molecular complexity index is 613. The van der Waals surface area contributed by atoms with Gasteiger partial charge in [-0.15, -0.1) is 0 Å². The summed E-state index contributed by atoms with van der Waals surface area (Å²) in [4.78, 5) is 12.0. The highest BCUT2D eigenvalue weighted by molar-refractivity contribution is 7.89. The quantitative estimate of drug-likeness (QED) is 0.793. The molecule has 2 N–H and O–H groups in total. The van der Waals surface area contributed by atoms with E-state index in [4.69, 9.17) is 0 Å². The van der Waals surface area contributed by atoms with E-state index in [0.29, 0.717) is 6.54 Å². The zero-order valence-corrected chi connectivity index (χ0v) is 13.2. The van der Waals surface area contributed by atoms with Crippen LogP contribution in [0.1, 0.15) is 30.4 Å².